The van der Waals surface area contributed by atoms with Crippen molar-refractivity contribution in [1.29, 1.82) is 5.26 Å². The highest BCUT2D eigenvalue weighted by Gasteiger charge is 1.98. The van der Waals surface area contributed by atoms with E-state index in [1.54, 1.807) is 12.2 Å². The van der Waals surface area contributed by atoms with Crippen LogP contribution in [0.15, 0.2) is 23.9 Å². The van der Waals surface area contributed by atoms with E-state index >= 15 is 0 Å². The van der Waals surface area contributed by atoms with Crippen molar-refractivity contribution in [2.24, 2.45) is 0 Å². The molecule has 46 valence electrons. The number of nitriles is 1. The molecule has 3 heteroatoms. The Morgan fingerprint density at radius 3 is 3.00 bits per heavy atom. The molecule has 1 rings (SSSR count). The van der Waals surface area contributed by atoms with Crippen LogP contribution >= 0.6 is 0 Å². The maximum absolute atomic E-state index is 8.72. The second kappa shape index (κ2) is 2.33. The molecular formula is C6H6N2O. The van der Waals surface area contributed by atoms with Gasteiger partial charge in [-0.1, -0.05) is 0 Å². The van der Waals surface area contributed by atoms with E-state index in [1.807, 2.05) is 6.07 Å². The Labute approximate surface area is 53.1 Å². The minimum absolute atomic E-state index is 0.402. The molecule has 1 aliphatic heterocycles. The fraction of sp³-hybridized carbons (Fsp3) is 0.167. The Morgan fingerprint density at radius 1 is 1.78 bits per heavy atom. The molecule has 0 aromatic carbocycles. The lowest BCUT2D eigenvalue weighted by atomic mass is 10.2. The van der Waals surface area contributed by atoms with Crippen LogP contribution in [0.2, 0.25) is 0 Å². The summed E-state index contributed by atoms with van der Waals surface area (Å²) in [5.41, 5.74) is 0.598. The van der Waals surface area contributed by atoms with Crippen LogP contribution in [0.1, 0.15) is 0 Å². The maximum Gasteiger partial charge on any atom is 0.0989 e. The van der Waals surface area contributed by atoms with Crippen LogP contribution in [0.5, 0.6) is 0 Å². The molecule has 9 heavy (non-hydrogen) atoms. The summed E-state index contributed by atoms with van der Waals surface area (Å²) in [6, 6.07) is 1.96. The van der Waals surface area contributed by atoms with Crippen molar-refractivity contribution in [3.8, 4) is 6.07 Å². The zero-order valence-corrected chi connectivity index (χ0v) is 4.78. The van der Waals surface area contributed by atoms with E-state index < -0.39 is 0 Å². The number of hydrogen-bond donors (Lipinski definition) is 1. The van der Waals surface area contributed by atoms with E-state index in [0.717, 1.165) is 5.06 Å². The van der Waals surface area contributed by atoms with Crippen molar-refractivity contribution >= 4 is 0 Å². The lowest BCUT2D eigenvalue weighted by molar-refractivity contribution is -0.0304. The molecule has 0 saturated carbocycles. The van der Waals surface area contributed by atoms with Crippen molar-refractivity contribution in [3.05, 3.63) is 23.9 Å². The van der Waals surface area contributed by atoms with Crippen LogP contribution in [0, 0.1) is 11.3 Å². The summed E-state index contributed by atoms with van der Waals surface area (Å²) >= 11 is 0. The first-order valence-electron chi connectivity index (χ1n) is 2.57. The van der Waals surface area contributed by atoms with Crippen LogP contribution in [-0.4, -0.2) is 16.8 Å². The van der Waals surface area contributed by atoms with Gasteiger partial charge in [-0.3, -0.25) is 10.3 Å². The molecule has 3 nitrogen and oxygen atoms in total. The zero-order valence-electron chi connectivity index (χ0n) is 4.78. The molecule has 0 spiro atoms. The Morgan fingerprint density at radius 2 is 2.56 bits per heavy atom. The van der Waals surface area contributed by atoms with E-state index in [2.05, 4.69) is 0 Å². The van der Waals surface area contributed by atoms with Gasteiger partial charge in [0.15, 0.2) is 0 Å². The molecular weight excluding hydrogens is 116 g/mol. The number of allylic oxidation sites excluding steroid dienone is 2. The first-order valence-corrected chi connectivity index (χ1v) is 2.57. The van der Waals surface area contributed by atoms with Crippen LogP contribution in [0.4, 0.5) is 0 Å². The second-order valence-corrected chi connectivity index (χ2v) is 1.71. The Balaban J connectivity index is 2.66. The smallest absolute Gasteiger partial charge is 0.0989 e. The molecule has 1 aliphatic rings. The number of hydroxylamine groups is 2. The molecule has 0 aromatic rings. The van der Waals surface area contributed by atoms with Gasteiger partial charge in [-0.2, -0.15) is 5.26 Å². The van der Waals surface area contributed by atoms with Crippen molar-refractivity contribution in [2.45, 2.75) is 0 Å². The average molecular weight is 122 g/mol. The standard InChI is InChI=1S/C6H6N2O/c7-5-6-1-3-8(9)4-2-6/h1-3,9H,4H2. The number of nitrogens with zero attached hydrogens (tertiary/aromatic N) is 2. The molecule has 0 fully saturated rings. The van der Waals surface area contributed by atoms with Crippen LogP contribution < -0.4 is 0 Å². The summed E-state index contributed by atoms with van der Waals surface area (Å²) < 4.78 is 0. The highest BCUT2D eigenvalue weighted by atomic mass is 16.5. The second-order valence-electron chi connectivity index (χ2n) is 1.71. The summed E-state index contributed by atoms with van der Waals surface area (Å²) in [6.45, 7) is 0.402. The first kappa shape index (κ1) is 5.86. The van der Waals surface area contributed by atoms with Crippen LogP contribution in [0.25, 0.3) is 0 Å². The lowest BCUT2D eigenvalue weighted by Gasteiger charge is -2.11. The van der Waals surface area contributed by atoms with Crippen molar-refractivity contribution < 1.29 is 5.21 Å². The van der Waals surface area contributed by atoms with Gasteiger partial charge in [-0.15, -0.1) is 0 Å². The average Bonchev–Trinajstić information content (AvgIpc) is 1.90. The van der Waals surface area contributed by atoms with E-state index in [-0.39, 0.29) is 0 Å². The highest BCUT2D eigenvalue weighted by Crippen LogP contribution is 2.02. The predicted octanol–water partition coefficient (Wildman–Crippen LogP) is 0.655. The third kappa shape index (κ3) is 1.31. The molecule has 0 atom stereocenters. The molecule has 0 saturated heterocycles. The van der Waals surface area contributed by atoms with Crippen molar-refractivity contribution in [3.63, 3.8) is 0 Å². The van der Waals surface area contributed by atoms with Gasteiger partial charge in [0.05, 0.1) is 18.2 Å². The molecule has 0 aromatic heterocycles. The summed E-state index contributed by atoms with van der Waals surface area (Å²) in [7, 11) is 0. The Hall–Kier alpha value is -1.27. The largest absolute Gasteiger partial charge is 0.289 e. The summed E-state index contributed by atoms with van der Waals surface area (Å²) in [6.07, 6.45) is 4.67. The molecule has 1 heterocycles. The molecule has 1 N–H and O–H groups in total. The SMILES string of the molecule is N#CC1=CCN(O)C=C1. The zero-order chi connectivity index (χ0) is 6.69. The number of hydrogen-bond acceptors (Lipinski definition) is 3. The quantitative estimate of drug-likeness (QED) is 0.513. The van der Waals surface area contributed by atoms with Gasteiger partial charge in [0.25, 0.3) is 0 Å². The fourth-order valence-corrected chi connectivity index (χ4v) is 0.570. The Bertz CT molecular complexity index is 200. The summed E-state index contributed by atoms with van der Waals surface area (Å²) in [5.74, 6) is 0. The Kier molecular flexibility index (Phi) is 1.52. The fourth-order valence-electron chi connectivity index (χ4n) is 0.570. The van der Waals surface area contributed by atoms with Gasteiger partial charge in [0.1, 0.15) is 0 Å². The highest BCUT2D eigenvalue weighted by molar-refractivity contribution is 5.34. The third-order valence-corrected chi connectivity index (χ3v) is 1.05. The first-order chi connectivity index (χ1) is 4.33. The van der Waals surface area contributed by atoms with Gasteiger partial charge < -0.3 is 0 Å². The maximum atomic E-state index is 8.72. The van der Waals surface area contributed by atoms with E-state index in [0.29, 0.717) is 12.1 Å². The van der Waals surface area contributed by atoms with Gasteiger partial charge in [0, 0.05) is 6.20 Å². The van der Waals surface area contributed by atoms with Crippen molar-refractivity contribution in [1.82, 2.24) is 5.06 Å². The summed E-state index contributed by atoms with van der Waals surface area (Å²) in [5, 5.41) is 18.0. The lowest BCUT2D eigenvalue weighted by Crippen LogP contribution is -2.13. The molecule has 0 amide bonds. The van der Waals surface area contributed by atoms with E-state index in [9.17, 15) is 0 Å². The van der Waals surface area contributed by atoms with Crippen LogP contribution in [-0.2, 0) is 0 Å². The molecule has 0 bridgehead atoms. The van der Waals surface area contributed by atoms with Gasteiger partial charge >= 0.3 is 0 Å². The normalized spacial score (nSPS) is 16.9. The van der Waals surface area contributed by atoms with E-state index in [1.165, 1.54) is 6.20 Å². The van der Waals surface area contributed by atoms with Gasteiger partial charge in [0.2, 0.25) is 0 Å². The molecule has 0 aliphatic carbocycles. The molecule has 0 unspecified atom stereocenters. The third-order valence-electron chi connectivity index (χ3n) is 1.05. The predicted molar refractivity (Wildman–Crippen MR) is 31.3 cm³/mol. The van der Waals surface area contributed by atoms with Crippen LogP contribution in [0.3, 0.4) is 0 Å². The number of rotatable bonds is 0. The topological polar surface area (TPSA) is 47.3 Å². The minimum Gasteiger partial charge on any atom is -0.289 e. The van der Waals surface area contributed by atoms with Crippen molar-refractivity contribution in [2.75, 3.05) is 6.54 Å². The van der Waals surface area contributed by atoms with E-state index in [4.69, 9.17) is 10.5 Å². The summed E-state index contributed by atoms with van der Waals surface area (Å²) in [4.78, 5) is 0. The molecule has 0 radical (unpaired) electrons. The monoisotopic (exact) mass is 122 g/mol. The van der Waals surface area contributed by atoms with Gasteiger partial charge in [-0.05, 0) is 12.2 Å². The van der Waals surface area contributed by atoms with Gasteiger partial charge in [-0.25, -0.2) is 0 Å². The minimum atomic E-state index is 0.402.